The minimum absolute atomic E-state index is 0.103. The van der Waals surface area contributed by atoms with Crippen LogP contribution in [0.3, 0.4) is 0 Å². The van der Waals surface area contributed by atoms with Crippen LogP contribution in [0.4, 0.5) is 14.4 Å². The molecule has 640 valence electrons. The summed E-state index contributed by atoms with van der Waals surface area (Å²) in [6.07, 6.45) is 81.5. The van der Waals surface area contributed by atoms with Crippen LogP contribution in [-0.2, 0) is 38.0 Å². The van der Waals surface area contributed by atoms with Gasteiger partial charge in [-0.1, -0.05) is 400 Å². The van der Waals surface area contributed by atoms with E-state index in [1.165, 1.54) is 340 Å². The Morgan fingerprint density at radius 1 is 0.303 bits per heavy atom. The van der Waals surface area contributed by atoms with Crippen molar-refractivity contribution in [1.29, 1.82) is 0 Å². The van der Waals surface area contributed by atoms with E-state index in [9.17, 15) is 24.0 Å². The molecule has 6 unspecified atom stereocenters. The molecule has 0 aromatic carbocycles. The molecule has 1 saturated carbocycles. The Bertz CT molecular complexity index is 2100. The Morgan fingerprint density at radius 3 is 0.835 bits per heavy atom. The van der Waals surface area contributed by atoms with Gasteiger partial charge in [-0.25, -0.2) is 24.0 Å². The molecule has 15 heteroatoms. The summed E-state index contributed by atoms with van der Waals surface area (Å²) in [5.41, 5.74) is 0.686. The normalized spacial score (nSPS) is 14.7. The first-order valence-electron chi connectivity index (χ1n) is 47.1. The highest BCUT2D eigenvalue weighted by molar-refractivity contribution is 5.87. The van der Waals surface area contributed by atoms with E-state index in [0.717, 1.165) is 101 Å². The minimum atomic E-state index is -0.462. The van der Waals surface area contributed by atoms with Crippen LogP contribution in [0.1, 0.15) is 452 Å². The monoisotopic (exact) mass is 1540 g/mol. The number of nitrogens with one attached hydrogen (secondary N) is 4. The second-order valence-electron chi connectivity index (χ2n) is 33.4. The first-order chi connectivity index (χ1) is 53.3. The smallest absolute Gasteiger partial charge is 0.407 e. The Morgan fingerprint density at radius 2 is 0.550 bits per heavy atom. The number of esters is 2. The molecule has 0 radical (unpaired) electrons. The third-order valence-corrected chi connectivity index (χ3v) is 23.1. The molecular weight excluding hydrogens is 1360 g/mol. The van der Waals surface area contributed by atoms with Crippen LogP contribution in [0.5, 0.6) is 0 Å². The van der Waals surface area contributed by atoms with E-state index < -0.39 is 24.1 Å². The average Bonchev–Trinajstić information content (AvgIpc) is 0.913. The Balaban J connectivity index is 2.51. The van der Waals surface area contributed by atoms with Crippen LogP contribution in [-0.4, -0.2) is 102 Å². The second-order valence-corrected chi connectivity index (χ2v) is 33.4. The molecule has 0 aliphatic heterocycles. The molecule has 1 rings (SSSR count). The lowest BCUT2D eigenvalue weighted by Crippen LogP contribution is -2.44. The molecule has 3 amide bonds. The van der Waals surface area contributed by atoms with E-state index in [1.807, 2.05) is 0 Å². The molecule has 1 aliphatic carbocycles. The molecule has 1 aliphatic rings. The van der Waals surface area contributed by atoms with Crippen LogP contribution in [0.15, 0.2) is 24.3 Å². The van der Waals surface area contributed by atoms with Crippen LogP contribution in [0.2, 0.25) is 0 Å². The zero-order valence-electron chi connectivity index (χ0n) is 72.5. The van der Waals surface area contributed by atoms with Crippen LogP contribution in [0.25, 0.3) is 0 Å². The van der Waals surface area contributed by atoms with E-state index in [2.05, 4.69) is 62.1 Å². The number of carbonyl (C=O) groups is 5. The fourth-order valence-corrected chi connectivity index (χ4v) is 16.3. The van der Waals surface area contributed by atoms with Gasteiger partial charge in [0.1, 0.15) is 13.2 Å². The Kier molecular flexibility index (Phi) is 75.1. The van der Waals surface area contributed by atoms with Crippen molar-refractivity contribution in [3.8, 4) is 0 Å². The summed E-state index contributed by atoms with van der Waals surface area (Å²) in [6, 6.07) is 0.498. The number of alkyl carbamates (subject to hydrolysis) is 3. The number of hydrogen-bond donors (Lipinski definition) is 4. The third-order valence-electron chi connectivity index (χ3n) is 23.1. The van der Waals surface area contributed by atoms with Gasteiger partial charge >= 0.3 is 30.2 Å². The van der Waals surface area contributed by atoms with Crippen molar-refractivity contribution < 1.29 is 52.4 Å². The fourth-order valence-electron chi connectivity index (χ4n) is 16.3. The van der Waals surface area contributed by atoms with Crippen molar-refractivity contribution in [2.75, 3.05) is 59.5 Å². The van der Waals surface area contributed by atoms with E-state index in [0.29, 0.717) is 43.7 Å². The molecule has 0 heterocycles. The molecule has 109 heavy (non-hydrogen) atoms. The topological polar surface area (TPSA) is 189 Å². The quantitative estimate of drug-likeness (QED) is 0.0149. The van der Waals surface area contributed by atoms with Gasteiger partial charge in [0, 0.05) is 29.8 Å². The highest BCUT2D eigenvalue weighted by atomic mass is 16.6. The Labute approximate surface area is 672 Å². The molecule has 6 atom stereocenters. The SMILES string of the molecule is C=C(C)C(=O)OCCNC(=O)OCCCCCCCCC(CCCCCCCCC)C(CCCCCCCCC)CCCCCCCCOCNC1CCCC(NC(=O)OCCCCCCCCC(CCCCCCCCC)C(CCCCCCCCC)CCCCCCCCOC(=O)NCCOC(=O)C(=C)C)C1. The van der Waals surface area contributed by atoms with Crippen molar-refractivity contribution in [2.45, 2.75) is 465 Å². The van der Waals surface area contributed by atoms with Crippen molar-refractivity contribution in [1.82, 2.24) is 21.3 Å². The average molecular weight is 1540 g/mol. The van der Waals surface area contributed by atoms with Crippen molar-refractivity contribution in [3.05, 3.63) is 24.3 Å². The minimum Gasteiger partial charge on any atom is -0.460 e. The predicted octanol–water partition coefficient (Wildman–Crippen LogP) is 27.2. The van der Waals surface area contributed by atoms with Gasteiger partial charge in [-0.15, -0.1) is 0 Å². The van der Waals surface area contributed by atoms with Gasteiger partial charge in [0.15, 0.2) is 0 Å². The van der Waals surface area contributed by atoms with Crippen molar-refractivity contribution in [3.63, 3.8) is 0 Å². The standard InChI is InChI=1S/C94H178N4O11/c1-9-13-17-21-25-37-49-62-84(85(63-50-38-26-22-18-14-10-2)67-54-42-30-34-46-58-75-107-92(101)95-72-78-105-90(99)82(5)6)66-53-41-29-33-45-57-74-104-81-97-88-70-61-71-89(80-88)98-94(103)109-77-60-48-36-32-44-56-69-87(65-52-40-28-24-20-16-12-4)86(64-51-39-27-23-19-15-11-3)68-55-43-31-35-47-59-76-108-93(102)96-73-79-106-91(100)83(7)8/h84-89,97H,5,7,9-81H2,1-4,6,8H3,(H,95,101)(H,96,102)(H,98,103). The molecule has 15 nitrogen and oxygen atoms in total. The van der Waals surface area contributed by atoms with Gasteiger partial charge in [0.2, 0.25) is 0 Å². The van der Waals surface area contributed by atoms with Crippen LogP contribution in [0, 0.1) is 23.7 Å². The highest BCUT2D eigenvalue weighted by Crippen LogP contribution is 2.36. The van der Waals surface area contributed by atoms with Gasteiger partial charge in [-0.3, -0.25) is 5.32 Å². The van der Waals surface area contributed by atoms with Crippen molar-refractivity contribution >= 4 is 30.2 Å². The number of unbranched alkanes of at least 4 members (excludes halogenated alkanes) is 44. The number of ether oxygens (including phenoxy) is 6. The van der Waals surface area contributed by atoms with Gasteiger partial charge in [0.05, 0.1) is 39.6 Å². The van der Waals surface area contributed by atoms with Gasteiger partial charge in [-0.2, -0.15) is 0 Å². The molecule has 0 saturated heterocycles. The highest BCUT2D eigenvalue weighted by Gasteiger charge is 2.25. The van der Waals surface area contributed by atoms with E-state index in [1.54, 1.807) is 13.8 Å². The molecule has 0 spiro atoms. The summed E-state index contributed by atoms with van der Waals surface area (Å²) in [6.45, 7) is 23.0. The van der Waals surface area contributed by atoms with Gasteiger partial charge in [0.25, 0.3) is 0 Å². The molecule has 0 aromatic heterocycles. The van der Waals surface area contributed by atoms with Gasteiger partial charge in [-0.05, 0) is 88.9 Å². The van der Waals surface area contributed by atoms with Gasteiger partial charge < -0.3 is 44.4 Å². The zero-order chi connectivity index (χ0) is 79.2. The Hall–Kier alpha value is -3.85. The maximum atomic E-state index is 13.0. The fraction of sp³-hybridized carbons (Fsp3) is 0.904. The van der Waals surface area contributed by atoms with Crippen LogP contribution >= 0.6 is 0 Å². The third kappa shape index (κ3) is 68.3. The maximum absolute atomic E-state index is 13.0. The summed E-state index contributed by atoms with van der Waals surface area (Å²) in [5.74, 6) is 2.49. The zero-order valence-corrected chi connectivity index (χ0v) is 72.5. The van der Waals surface area contributed by atoms with E-state index in [4.69, 9.17) is 28.4 Å². The molecule has 0 bridgehead atoms. The van der Waals surface area contributed by atoms with E-state index in [-0.39, 0.29) is 38.4 Å². The molecular formula is C94H178N4O11. The number of carbonyl (C=O) groups excluding carboxylic acids is 5. The lowest BCUT2D eigenvalue weighted by molar-refractivity contribution is -0.139. The summed E-state index contributed by atoms with van der Waals surface area (Å²) in [4.78, 5) is 60.2. The first kappa shape index (κ1) is 103. The molecule has 4 N–H and O–H groups in total. The lowest BCUT2D eigenvalue weighted by Gasteiger charge is -2.30. The largest absolute Gasteiger partial charge is 0.460 e. The van der Waals surface area contributed by atoms with E-state index >= 15 is 0 Å². The molecule has 1 fully saturated rings. The summed E-state index contributed by atoms with van der Waals surface area (Å²) >= 11 is 0. The number of rotatable bonds is 82. The van der Waals surface area contributed by atoms with Crippen molar-refractivity contribution in [2.24, 2.45) is 23.7 Å². The number of amides is 3. The maximum Gasteiger partial charge on any atom is 0.407 e. The predicted molar refractivity (Wildman–Crippen MR) is 458 cm³/mol. The van der Waals surface area contributed by atoms with Crippen LogP contribution < -0.4 is 21.3 Å². The molecule has 0 aromatic rings. The second kappa shape index (κ2) is 79.4. The summed E-state index contributed by atoms with van der Waals surface area (Å²) in [5, 5.41) is 12.2. The first-order valence-corrected chi connectivity index (χ1v) is 47.1. The summed E-state index contributed by atoms with van der Waals surface area (Å²) in [7, 11) is 0. The summed E-state index contributed by atoms with van der Waals surface area (Å²) < 4.78 is 32.7. The number of hydrogen-bond acceptors (Lipinski definition) is 12. The lowest BCUT2D eigenvalue weighted by atomic mass is 9.78.